The van der Waals surface area contributed by atoms with E-state index in [9.17, 15) is 16.4 Å². The average Bonchev–Trinajstić information content (AvgIpc) is 3.39. The molecule has 0 aliphatic rings. The molecule has 0 saturated carbocycles. The van der Waals surface area contributed by atoms with E-state index in [0.717, 1.165) is 0 Å². The molecule has 0 saturated heterocycles. The second-order valence-corrected chi connectivity index (χ2v) is 9.75. The molecule has 0 spiro atoms. The van der Waals surface area contributed by atoms with Crippen LogP contribution in [-0.2, 0) is 0 Å². The van der Waals surface area contributed by atoms with Crippen molar-refractivity contribution < 1.29 is 41.1 Å². The van der Waals surface area contributed by atoms with Gasteiger partial charge in [0.25, 0.3) is 0 Å². The van der Waals surface area contributed by atoms with Crippen molar-refractivity contribution in [3.05, 3.63) is 181 Å². The maximum Gasteiger partial charge on any atom is 0.0630 e. The highest BCUT2D eigenvalue weighted by atomic mass is 14.2. The molecule has 0 aliphatic heterocycles. The molecule has 0 N–H and O–H groups in total. The minimum Gasteiger partial charge on any atom is -0.0622 e. The van der Waals surface area contributed by atoms with E-state index in [-0.39, 0.29) is 0 Å². The number of rotatable bonds is 4. The first-order valence-electron chi connectivity index (χ1n) is 28.5. The summed E-state index contributed by atoms with van der Waals surface area (Å²) in [4.78, 5) is 0. The Hall–Kier alpha value is -5.98. The molecule has 0 aliphatic carbocycles. The summed E-state index contributed by atoms with van der Waals surface area (Å²) in [7, 11) is 0. The number of benzene rings is 9. The molecule has 9 aromatic carbocycles. The molecule has 0 amide bonds. The van der Waals surface area contributed by atoms with Gasteiger partial charge in [-0.3, -0.25) is 0 Å². The number of hydrogen-bond acceptors (Lipinski definition) is 0. The lowest BCUT2D eigenvalue weighted by atomic mass is 9.83. The zero-order chi connectivity index (χ0) is 56.6. The molecule has 9 rings (SSSR count). The van der Waals surface area contributed by atoms with Crippen LogP contribution in [-0.4, -0.2) is 0 Å². The molecule has 0 heteroatoms. The normalized spacial score (nSPS) is 20.6. The van der Waals surface area contributed by atoms with E-state index < -0.39 is 269 Å². The van der Waals surface area contributed by atoms with Crippen LogP contribution in [0.1, 0.15) is 41.1 Å². The Kier molecular flexibility index (Phi) is 2.37. The third-order valence-corrected chi connectivity index (χ3v) is 7.31. The molecule has 9 aromatic rings. The fraction of sp³-hybridized carbons (Fsp3) is 0. The lowest BCUT2D eigenvalue weighted by molar-refractivity contribution is 1.63. The van der Waals surface area contributed by atoms with Crippen molar-refractivity contribution in [2.24, 2.45) is 0 Å². The van der Waals surface area contributed by atoms with Crippen LogP contribution >= 0.6 is 0 Å². The van der Waals surface area contributed by atoms with Gasteiger partial charge in [-0.2, -0.15) is 0 Å². The van der Waals surface area contributed by atoms with Gasteiger partial charge in [-0.15, -0.1) is 0 Å². The standard InChI is InChI=1S/C46H30/c1-2-13-31(14-3-1)37-29-30-44(39-19-7-6-18-38(37)39)46-42-22-10-8-20-40(42)45(41-21-9-11-23-43(41)46)34-27-25-33(26-28-34)36-24-12-16-32-15-4-5-17-35(32)36/h1-30H/i1D,2D,3D,4D,5D,6D,7D,8D,9D,10D,11D,12D,13D,14D,15D,16D,17D,18D,19D,20D,21D,22D,23D,24D,25D,26D,27D,28D,29D,30D. The molecule has 0 nitrogen and oxygen atoms in total. The van der Waals surface area contributed by atoms with Gasteiger partial charge in [0.05, 0.1) is 41.1 Å². The third kappa shape index (κ3) is 4.23. The van der Waals surface area contributed by atoms with Crippen LogP contribution in [0.25, 0.3) is 87.6 Å². The molecule has 0 radical (unpaired) electrons. The summed E-state index contributed by atoms with van der Waals surface area (Å²) in [6.07, 6.45) is 0. The van der Waals surface area contributed by atoms with E-state index >= 15 is 0 Å². The molecule has 0 heterocycles. The van der Waals surface area contributed by atoms with Gasteiger partial charge in [-0.1, -0.05) is 181 Å². The van der Waals surface area contributed by atoms with Crippen LogP contribution in [0.4, 0.5) is 0 Å². The van der Waals surface area contributed by atoms with Crippen LogP contribution in [0.15, 0.2) is 181 Å². The van der Waals surface area contributed by atoms with E-state index in [4.69, 9.17) is 24.7 Å². The van der Waals surface area contributed by atoms with E-state index in [2.05, 4.69) is 0 Å². The Labute approximate surface area is 311 Å². The molecule has 46 heavy (non-hydrogen) atoms. The maximum absolute atomic E-state index is 9.71. The molecule has 0 bridgehead atoms. The van der Waals surface area contributed by atoms with Gasteiger partial charge in [0, 0.05) is 0 Å². The SMILES string of the molecule is [2H]c1c([2H])c([2H])c(-c2c([2H])c([2H])c(-c3c4c([2H])c([2H])c([2H])c([2H])c4c(-c4c([2H])c([2H])c(-c5c([2H])c([2H])c([2H])c6c([2H])c([2H])c([2H])c([2H])c56)c([2H])c4[2H])c4c([2H])c([2H])c([2H])c([2H])c34)c3c([2H])c([2H])c([2H])c([2H])c23)c([2H])c1[2H]. The molecular weight excluding hydrogens is 553 g/mol. The molecule has 0 fully saturated rings. The summed E-state index contributed by atoms with van der Waals surface area (Å²) in [5.74, 6) is 0. The van der Waals surface area contributed by atoms with Gasteiger partial charge >= 0.3 is 0 Å². The van der Waals surface area contributed by atoms with Gasteiger partial charge in [-0.05, 0) is 87.6 Å². The highest BCUT2D eigenvalue weighted by Crippen LogP contribution is 2.46. The van der Waals surface area contributed by atoms with Crippen LogP contribution in [0.2, 0.25) is 0 Å². The Bertz CT molecular complexity index is 4130. The van der Waals surface area contributed by atoms with Crippen molar-refractivity contribution in [2.75, 3.05) is 0 Å². The number of fused-ring (bicyclic) bond motifs is 4. The van der Waals surface area contributed by atoms with Crippen LogP contribution in [0, 0.1) is 0 Å². The van der Waals surface area contributed by atoms with Crippen LogP contribution in [0.5, 0.6) is 0 Å². The van der Waals surface area contributed by atoms with Crippen molar-refractivity contribution in [3.8, 4) is 44.5 Å². The van der Waals surface area contributed by atoms with Gasteiger partial charge in [0.15, 0.2) is 0 Å². The van der Waals surface area contributed by atoms with Gasteiger partial charge < -0.3 is 0 Å². The van der Waals surface area contributed by atoms with Crippen LogP contribution in [0.3, 0.4) is 0 Å². The average molecular weight is 613 g/mol. The fourth-order valence-corrected chi connectivity index (χ4v) is 5.38. The van der Waals surface area contributed by atoms with E-state index in [1.807, 2.05) is 0 Å². The van der Waals surface area contributed by atoms with Crippen molar-refractivity contribution in [1.29, 1.82) is 0 Å². The summed E-state index contributed by atoms with van der Waals surface area (Å²) in [5.41, 5.74) is -6.55. The third-order valence-electron chi connectivity index (χ3n) is 7.31. The topological polar surface area (TPSA) is 0 Å². The molecular formula is C46H30. The van der Waals surface area contributed by atoms with Crippen molar-refractivity contribution in [3.63, 3.8) is 0 Å². The van der Waals surface area contributed by atoms with Crippen molar-refractivity contribution in [2.45, 2.75) is 0 Å². The highest BCUT2D eigenvalue weighted by Gasteiger charge is 2.19. The van der Waals surface area contributed by atoms with Gasteiger partial charge in [-0.25, -0.2) is 0 Å². The summed E-state index contributed by atoms with van der Waals surface area (Å²) in [5, 5.41) is -6.08. The largest absolute Gasteiger partial charge is 0.0630 e. The quantitative estimate of drug-likeness (QED) is 0.173. The Balaban J connectivity index is 1.59. The summed E-state index contributed by atoms with van der Waals surface area (Å²) < 4.78 is 269. The lowest BCUT2D eigenvalue weighted by Gasteiger charge is -2.20. The van der Waals surface area contributed by atoms with E-state index in [0.29, 0.717) is 0 Å². The fourth-order valence-electron chi connectivity index (χ4n) is 5.38. The maximum atomic E-state index is 9.71. The van der Waals surface area contributed by atoms with Crippen LogP contribution < -0.4 is 0 Å². The monoisotopic (exact) mass is 612 g/mol. The first kappa shape index (κ1) is 10.0. The Morgan fingerprint density at radius 1 is 0.239 bits per heavy atom. The smallest absolute Gasteiger partial charge is 0.0622 e. The second kappa shape index (κ2) is 10.9. The second-order valence-electron chi connectivity index (χ2n) is 9.75. The first-order chi connectivity index (χ1) is 35.3. The van der Waals surface area contributed by atoms with E-state index in [1.54, 1.807) is 0 Å². The first-order valence-corrected chi connectivity index (χ1v) is 13.5. The van der Waals surface area contributed by atoms with Gasteiger partial charge in [0.2, 0.25) is 0 Å². The zero-order valence-electron chi connectivity index (χ0n) is 53.0. The molecule has 0 atom stereocenters. The van der Waals surface area contributed by atoms with Gasteiger partial charge in [0.1, 0.15) is 0 Å². The summed E-state index contributed by atoms with van der Waals surface area (Å²) in [6, 6.07) is -30.1. The predicted molar refractivity (Wildman–Crippen MR) is 198 cm³/mol. The molecule has 0 unspecified atom stereocenters. The van der Waals surface area contributed by atoms with E-state index in [1.165, 1.54) is 0 Å². The molecule has 0 aromatic heterocycles. The minimum absolute atomic E-state index is 0.606. The lowest BCUT2D eigenvalue weighted by Crippen LogP contribution is -1.92. The highest BCUT2D eigenvalue weighted by molar-refractivity contribution is 6.24. The summed E-state index contributed by atoms with van der Waals surface area (Å²) >= 11 is 0. The predicted octanol–water partition coefficient (Wildman–Crippen LogP) is 13.0. The summed E-state index contributed by atoms with van der Waals surface area (Å²) in [6.45, 7) is 0. The Morgan fingerprint density at radius 2 is 0.652 bits per heavy atom. The minimum atomic E-state index is -1.14. The van der Waals surface area contributed by atoms with Crippen molar-refractivity contribution >= 4 is 43.1 Å². The number of hydrogen-bond donors (Lipinski definition) is 0. The Morgan fingerprint density at radius 3 is 1.30 bits per heavy atom. The van der Waals surface area contributed by atoms with Crippen molar-refractivity contribution in [1.82, 2.24) is 0 Å². The molecule has 214 valence electrons. The zero-order valence-corrected chi connectivity index (χ0v) is 23.0.